The molecule has 1 aromatic carbocycles. The number of amides is 2. The standard InChI is InChI=1S/C14H18N2O3/c1-14(2,19)13(18)16-11-4-3-9(5-6-15)7-10(11)8-12(16)17/h3-4,7,19H,5-6,8,15H2,1-2H3. The number of carbonyl (C=O) groups excluding carboxylic acids is 2. The summed E-state index contributed by atoms with van der Waals surface area (Å²) in [6.07, 6.45) is 0.927. The largest absolute Gasteiger partial charge is 0.381 e. The van der Waals surface area contributed by atoms with Crippen molar-refractivity contribution in [1.29, 1.82) is 0 Å². The van der Waals surface area contributed by atoms with Gasteiger partial charge in [-0.1, -0.05) is 12.1 Å². The van der Waals surface area contributed by atoms with Crippen LogP contribution in [0.15, 0.2) is 18.2 Å². The molecule has 0 aromatic heterocycles. The normalized spacial score (nSPS) is 14.7. The molecular formula is C14H18N2O3. The van der Waals surface area contributed by atoms with Crippen LogP contribution in [0.1, 0.15) is 25.0 Å². The minimum atomic E-state index is -1.56. The highest BCUT2D eigenvalue weighted by Gasteiger charge is 2.39. The minimum Gasteiger partial charge on any atom is -0.381 e. The molecular weight excluding hydrogens is 244 g/mol. The predicted octanol–water partition coefficient (Wildman–Crippen LogP) is 0.374. The van der Waals surface area contributed by atoms with E-state index in [0.29, 0.717) is 12.2 Å². The maximum atomic E-state index is 12.1. The van der Waals surface area contributed by atoms with Crippen LogP contribution < -0.4 is 10.6 Å². The first-order valence-corrected chi connectivity index (χ1v) is 6.26. The van der Waals surface area contributed by atoms with Gasteiger partial charge in [-0.05, 0) is 44.0 Å². The first kappa shape index (κ1) is 13.7. The van der Waals surface area contributed by atoms with Crippen molar-refractivity contribution in [3.63, 3.8) is 0 Å². The van der Waals surface area contributed by atoms with Crippen LogP contribution in [-0.4, -0.2) is 29.1 Å². The van der Waals surface area contributed by atoms with E-state index in [0.717, 1.165) is 22.4 Å². The van der Waals surface area contributed by atoms with Crippen LogP contribution in [0.3, 0.4) is 0 Å². The van der Waals surface area contributed by atoms with E-state index in [-0.39, 0.29) is 12.3 Å². The fraction of sp³-hybridized carbons (Fsp3) is 0.429. The van der Waals surface area contributed by atoms with Crippen molar-refractivity contribution in [2.75, 3.05) is 11.4 Å². The number of hydrogen-bond acceptors (Lipinski definition) is 4. The lowest BCUT2D eigenvalue weighted by Crippen LogP contribution is -2.46. The average Bonchev–Trinajstić information content (AvgIpc) is 2.62. The summed E-state index contributed by atoms with van der Waals surface area (Å²) in [6, 6.07) is 5.50. The van der Waals surface area contributed by atoms with E-state index in [1.165, 1.54) is 13.8 Å². The zero-order valence-corrected chi connectivity index (χ0v) is 11.1. The Balaban J connectivity index is 2.37. The maximum absolute atomic E-state index is 12.1. The molecule has 0 aliphatic carbocycles. The Kier molecular flexibility index (Phi) is 3.43. The first-order chi connectivity index (χ1) is 8.84. The van der Waals surface area contributed by atoms with Crippen molar-refractivity contribution in [2.45, 2.75) is 32.3 Å². The second-order valence-corrected chi connectivity index (χ2v) is 5.27. The fourth-order valence-electron chi connectivity index (χ4n) is 2.19. The van der Waals surface area contributed by atoms with E-state index >= 15 is 0 Å². The van der Waals surface area contributed by atoms with E-state index in [9.17, 15) is 14.7 Å². The molecule has 0 radical (unpaired) electrons. The van der Waals surface area contributed by atoms with Crippen molar-refractivity contribution in [2.24, 2.45) is 5.73 Å². The van der Waals surface area contributed by atoms with E-state index in [1.807, 2.05) is 12.1 Å². The third-order valence-corrected chi connectivity index (χ3v) is 3.14. The summed E-state index contributed by atoms with van der Waals surface area (Å²) >= 11 is 0. The summed E-state index contributed by atoms with van der Waals surface area (Å²) in [7, 11) is 0. The summed E-state index contributed by atoms with van der Waals surface area (Å²) in [4.78, 5) is 25.1. The Morgan fingerprint density at radius 1 is 1.47 bits per heavy atom. The van der Waals surface area contributed by atoms with Gasteiger partial charge in [0.25, 0.3) is 5.91 Å². The highest BCUT2D eigenvalue weighted by Crippen LogP contribution is 2.31. The number of hydrogen-bond donors (Lipinski definition) is 2. The molecule has 102 valence electrons. The molecule has 2 amide bonds. The highest BCUT2D eigenvalue weighted by molar-refractivity contribution is 6.21. The molecule has 19 heavy (non-hydrogen) atoms. The summed E-state index contributed by atoms with van der Waals surface area (Å²) in [5.74, 6) is -0.894. The van der Waals surface area contributed by atoms with Gasteiger partial charge in [-0.25, -0.2) is 4.90 Å². The van der Waals surface area contributed by atoms with Crippen LogP contribution in [0.2, 0.25) is 0 Å². The molecule has 0 saturated heterocycles. The van der Waals surface area contributed by atoms with Gasteiger partial charge in [-0.2, -0.15) is 0 Å². The molecule has 1 aromatic rings. The fourth-order valence-corrected chi connectivity index (χ4v) is 2.19. The third-order valence-electron chi connectivity index (χ3n) is 3.14. The molecule has 2 rings (SSSR count). The summed E-state index contributed by atoms with van der Waals surface area (Å²) in [5, 5.41) is 9.77. The van der Waals surface area contributed by atoms with Gasteiger partial charge >= 0.3 is 0 Å². The lowest BCUT2D eigenvalue weighted by Gasteiger charge is -2.23. The number of carbonyl (C=O) groups is 2. The number of aliphatic hydroxyl groups is 1. The highest BCUT2D eigenvalue weighted by atomic mass is 16.3. The van der Waals surface area contributed by atoms with Crippen LogP contribution in [0.5, 0.6) is 0 Å². The van der Waals surface area contributed by atoms with Gasteiger partial charge in [0.1, 0.15) is 5.60 Å². The van der Waals surface area contributed by atoms with Gasteiger partial charge in [0.05, 0.1) is 12.1 Å². The molecule has 0 atom stereocenters. The molecule has 0 spiro atoms. The van der Waals surface area contributed by atoms with Crippen LogP contribution >= 0.6 is 0 Å². The van der Waals surface area contributed by atoms with E-state index in [1.54, 1.807) is 6.07 Å². The van der Waals surface area contributed by atoms with Crippen molar-refractivity contribution in [1.82, 2.24) is 0 Å². The number of nitrogens with two attached hydrogens (primary N) is 1. The quantitative estimate of drug-likeness (QED) is 0.824. The van der Waals surface area contributed by atoms with Gasteiger partial charge in [0, 0.05) is 0 Å². The molecule has 0 saturated carbocycles. The van der Waals surface area contributed by atoms with E-state index < -0.39 is 11.5 Å². The Hall–Kier alpha value is -1.72. The number of rotatable bonds is 3. The van der Waals surface area contributed by atoms with E-state index in [4.69, 9.17) is 5.73 Å². The van der Waals surface area contributed by atoms with Crippen molar-refractivity contribution < 1.29 is 14.7 Å². The van der Waals surface area contributed by atoms with Crippen molar-refractivity contribution in [3.05, 3.63) is 29.3 Å². The van der Waals surface area contributed by atoms with Crippen LogP contribution in [0, 0.1) is 0 Å². The third kappa shape index (κ3) is 2.52. The zero-order valence-electron chi connectivity index (χ0n) is 11.1. The number of imide groups is 1. The SMILES string of the molecule is CC(C)(O)C(=O)N1C(=O)Cc2cc(CCN)ccc21. The molecule has 5 nitrogen and oxygen atoms in total. The van der Waals surface area contributed by atoms with Crippen LogP contribution in [0.4, 0.5) is 5.69 Å². The zero-order chi connectivity index (χ0) is 14.2. The number of anilines is 1. The molecule has 0 fully saturated rings. The summed E-state index contributed by atoms with van der Waals surface area (Å²) in [5.41, 5.74) is 6.37. The topological polar surface area (TPSA) is 83.6 Å². The predicted molar refractivity (Wildman–Crippen MR) is 71.7 cm³/mol. The van der Waals surface area contributed by atoms with Gasteiger partial charge in [0.15, 0.2) is 0 Å². The molecule has 1 heterocycles. The Morgan fingerprint density at radius 3 is 2.74 bits per heavy atom. The molecule has 0 bridgehead atoms. The molecule has 1 aliphatic rings. The van der Waals surface area contributed by atoms with Gasteiger partial charge in [0.2, 0.25) is 5.91 Å². The minimum absolute atomic E-state index is 0.190. The van der Waals surface area contributed by atoms with Gasteiger partial charge in [-0.3, -0.25) is 9.59 Å². The Labute approximate surface area is 112 Å². The molecule has 5 heteroatoms. The van der Waals surface area contributed by atoms with Gasteiger partial charge in [-0.15, -0.1) is 0 Å². The number of fused-ring (bicyclic) bond motifs is 1. The second kappa shape index (κ2) is 4.75. The Morgan fingerprint density at radius 2 is 2.16 bits per heavy atom. The smallest absolute Gasteiger partial charge is 0.265 e. The maximum Gasteiger partial charge on any atom is 0.265 e. The molecule has 1 aliphatic heterocycles. The van der Waals surface area contributed by atoms with Crippen molar-refractivity contribution in [3.8, 4) is 0 Å². The monoisotopic (exact) mass is 262 g/mol. The number of benzene rings is 1. The summed E-state index contributed by atoms with van der Waals surface area (Å²) < 4.78 is 0. The van der Waals surface area contributed by atoms with Crippen LogP contribution in [-0.2, 0) is 22.4 Å². The van der Waals surface area contributed by atoms with Gasteiger partial charge < -0.3 is 10.8 Å². The second-order valence-electron chi connectivity index (χ2n) is 5.27. The van der Waals surface area contributed by atoms with Crippen molar-refractivity contribution >= 4 is 17.5 Å². The first-order valence-electron chi connectivity index (χ1n) is 6.26. The van der Waals surface area contributed by atoms with E-state index in [2.05, 4.69) is 0 Å². The lowest BCUT2D eigenvalue weighted by molar-refractivity contribution is -0.136. The molecule has 3 N–H and O–H groups in total. The molecule has 0 unspecified atom stereocenters. The lowest BCUT2D eigenvalue weighted by atomic mass is 10.1. The summed E-state index contributed by atoms with van der Waals surface area (Å²) in [6.45, 7) is 3.30. The average molecular weight is 262 g/mol. The Bertz CT molecular complexity index is 532. The van der Waals surface area contributed by atoms with Crippen LogP contribution in [0.25, 0.3) is 0 Å². The number of nitrogens with zero attached hydrogens (tertiary/aromatic N) is 1.